The maximum Gasteiger partial charge on any atom is 0.228 e. The van der Waals surface area contributed by atoms with Crippen LogP contribution in [0.25, 0.3) is 0 Å². The maximum atomic E-state index is 13.0. The summed E-state index contributed by atoms with van der Waals surface area (Å²) in [5, 5.41) is 2.90. The van der Waals surface area contributed by atoms with Crippen molar-refractivity contribution < 1.29 is 22.7 Å². The van der Waals surface area contributed by atoms with E-state index in [-0.39, 0.29) is 18.2 Å². The average molecular weight is 431 g/mol. The number of nitrogens with zero attached hydrogens (tertiary/aromatic N) is 1. The number of benzene rings is 2. The second-order valence-corrected chi connectivity index (χ2v) is 9.70. The van der Waals surface area contributed by atoms with Crippen molar-refractivity contribution in [3.05, 3.63) is 53.6 Å². The van der Waals surface area contributed by atoms with Crippen molar-refractivity contribution >= 4 is 21.6 Å². The van der Waals surface area contributed by atoms with Crippen LogP contribution >= 0.6 is 0 Å². The van der Waals surface area contributed by atoms with E-state index < -0.39 is 15.9 Å². The normalized spacial score (nSPS) is 19.3. The Kier molecular flexibility index (Phi) is 5.97. The minimum Gasteiger partial charge on any atom is -0.486 e. The summed E-state index contributed by atoms with van der Waals surface area (Å²) < 4.78 is 38.4. The molecule has 1 amide bonds. The summed E-state index contributed by atoms with van der Waals surface area (Å²) >= 11 is 0. The van der Waals surface area contributed by atoms with Crippen LogP contribution in [0.3, 0.4) is 0 Å². The molecule has 1 unspecified atom stereocenters. The first-order valence-electron chi connectivity index (χ1n) is 10.2. The van der Waals surface area contributed by atoms with Gasteiger partial charge in [0.2, 0.25) is 15.9 Å². The lowest BCUT2D eigenvalue weighted by Gasteiger charge is -2.31. The number of hydrogen-bond acceptors (Lipinski definition) is 5. The highest BCUT2D eigenvalue weighted by atomic mass is 32.2. The third kappa shape index (κ3) is 4.60. The van der Waals surface area contributed by atoms with Gasteiger partial charge in [0.25, 0.3) is 0 Å². The number of carbonyl (C=O) groups excluding carboxylic acids is 1. The summed E-state index contributed by atoms with van der Waals surface area (Å²) in [6, 6.07) is 12.8. The molecule has 1 N–H and O–H groups in total. The fourth-order valence-corrected chi connectivity index (χ4v) is 5.55. The van der Waals surface area contributed by atoms with E-state index in [1.807, 2.05) is 31.2 Å². The quantitative estimate of drug-likeness (QED) is 0.788. The lowest BCUT2D eigenvalue weighted by atomic mass is 9.98. The molecule has 0 bridgehead atoms. The number of nitrogens with one attached hydrogen (secondary N) is 1. The zero-order valence-electron chi connectivity index (χ0n) is 17.0. The zero-order chi connectivity index (χ0) is 21.1. The highest BCUT2D eigenvalue weighted by Gasteiger charge is 2.32. The lowest BCUT2D eigenvalue weighted by molar-refractivity contribution is -0.120. The smallest absolute Gasteiger partial charge is 0.228 e. The first-order valence-corrected chi connectivity index (χ1v) is 11.8. The van der Waals surface area contributed by atoms with Crippen LogP contribution in [-0.4, -0.2) is 44.9 Å². The van der Waals surface area contributed by atoms with E-state index in [1.54, 1.807) is 18.2 Å². The number of carbonyl (C=O) groups is 1. The highest BCUT2D eigenvalue weighted by molar-refractivity contribution is 7.88. The van der Waals surface area contributed by atoms with Crippen LogP contribution < -0.4 is 14.8 Å². The summed E-state index contributed by atoms with van der Waals surface area (Å²) in [6.45, 7) is 3.53. The van der Waals surface area contributed by atoms with Crippen molar-refractivity contribution in [3.63, 3.8) is 0 Å². The van der Waals surface area contributed by atoms with Crippen molar-refractivity contribution in [3.8, 4) is 11.5 Å². The van der Waals surface area contributed by atoms with E-state index in [4.69, 9.17) is 9.47 Å². The van der Waals surface area contributed by atoms with Crippen molar-refractivity contribution in [2.75, 3.05) is 31.6 Å². The van der Waals surface area contributed by atoms with Crippen molar-refractivity contribution in [2.45, 2.75) is 25.5 Å². The molecule has 2 heterocycles. The number of piperidine rings is 1. The third-order valence-electron chi connectivity index (χ3n) is 5.56. The van der Waals surface area contributed by atoms with Gasteiger partial charge in [-0.2, -0.15) is 0 Å². The Morgan fingerprint density at radius 1 is 1.13 bits per heavy atom. The first kappa shape index (κ1) is 20.7. The fourth-order valence-electron chi connectivity index (χ4n) is 3.83. The molecule has 0 aliphatic carbocycles. The standard InChI is InChI=1S/C22H26N2O5S/c1-16-5-2-3-6-18(16)15-30(26,27)24-10-4-7-17(14-24)22(25)23-19-8-9-20-21(13-19)29-12-11-28-20/h2-3,5-6,8-9,13,17H,4,7,10-12,14-15H2,1H3,(H,23,25). The van der Waals surface area contributed by atoms with Crippen LogP contribution in [0, 0.1) is 12.8 Å². The second kappa shape index (κ2) is 8.65. The number of ether oxygens (including phenoxy) is 2. The van der Waals surface area contributed by atoms with Gasteiger partial charge in [0.05, 0.1) is 11.7 Å². The molecule has 0 saturated carbocycles. The molecule has 4 rings (SSSR count). The summed E-state index contributed by atoms with van der Waals surface area (Å²) in [5.74, 6) is 0.646. The minimum absolute atomic E-state index is 0.0455. The monoisotopic (exact) mass is 430 g/mol. The van der Waals surface area contributed by atoms with Gasteiger partial charge in [-0.25, -0.2) is 12.7 Å². The predicted octanol–water partition coefficient (Wildman–Crippen LogP) is 2.95. The zero-order valence-corrected chi connectivity index (χ0v) is 17.8. The van der Waals surface area contributed by atoms with Gasteiger partial charge in [-0.1, -0.05) is 24.3 Å². The number of amides is 1. The lowest BCUT2D eigenvalue weighted by Crippen LogP contribution is -2.44. The molecule has 160 valence electrons. The largest absolute Gasteiger partial charge is 0.486 e. The Bertz CT molecular complexity index is 1040. The first-order chi connectivity index (χ1) is 14.4. The van der Waals surface area contributed by atoms with Crippen molar-refractivity contribution in [2.24, 2.45) is 5.92 Å². The molecule has 8 heteroatoms. The SMILES string of the molecule is Cc1ccccc1CS(=O)(=O)N1CCCC(C(=O)Nc2ccc3c(c2)OCCO3)C1. The topological polar surface area (TPSA) is 84.9 Å². The van der Waals surface area contributed by atoms with Gasteiger partial charge >= 0.3 is 0 Å². The number of rotatable bonds is 5. The van der Waals surface area contributed by atoms with E-state index in [0.717, 1.165) is 11.1 Å². The molecule has 30 heavy (non-hydrogen) atoms. The summed E-state index contributed by atoms with van der Waals surface area (Å²) in [4.78, 5) is 12.8. The molecule has 2 aromatic rings. The molecule has 7 nitrogen and oxygen atoms in total. The molecule has 0 spiro atoms. The Labute approximate surface area is 177 Å². The van der Waals surface area contributed by atoms with Gasteiger partial charge in [-0.3, -0.25) is 4.79 Å². The molecule has 0 aromatic heterocycles. The van der Waals surface area contributed by atoms with Crippen LogP contribution in [0.15, 0.2) is 42.5 Å². The van der Waals surface area contributed by atoms with E-state index in [1.165, 1.54) is 4.31 Å². The summed E-state index contributed by atoms with van der Waals surface area (Å²) in [6.07, 6.45) is 1.32. The van der Waals surface area contributed by atoms with E-state index in [0.29, 0.717) is 49.8 Å². The van der Waals surface area contributed by atoms with Crippen LogP contribution in [0.1, 0.15) is 24.0 Å². The number of sulfonamides is 1. The molecule has 2 aromatic carbocycles. The van der Waals surface area contributed by atoms with Gasteiger partial charge in [0, 0.05) is 24.8 Å². The van der Waals surface area contributed by atoms with Gasteiger partial charge in [-0.05, 0) is 43.0 Å². The minimum atomic E-state index is -3.49. The number of aryl methyl sites for hydroxylation is 1. The van der Waals surface area contributed by atoms with Crippen LogP contribution in [-0.2, 0) is 20.6 Å². The highest BCUT2D eigenvalue weighted by Crippen LogP contribution is 2.33. The second-order valence-electron chi connectivity index (χ2n) is 7.73. The van der Waals surface area contributed by atoms with Crippen molar-refractivity contribution in [1.82, 2.24) is 4.31 Å². The Balaban J connectivity index is 1.42. The fraction of sp³-hybridized carbons (Fsp3) is 0.409. The summed E-state index contributed by atoms with van der Waals surface area (Å²) in [5.41, 5.74) is 2.36. The molecular weight excluding hydrogens is 404 g/mol. The number of anilines is 1. The maximum absolute atomic E-state index is 13.0. The molecule has 2 aliphatic rings. The average Bonchev–Trinajstić information content (AvgIpc) is 2.75. The molecule has 1 saturated heterocycles. The van der Waals surface area contributed by atoms with Crippen LogP contribution in [0.4, 0.5) is 5.69 Å². The van der Waals surface area contributed by atoms with Gasteiger partial charge in [0.1, 0.15) is 13.2 Å². The molecule has 2 aliphatic heterocycles. The van der Waals surface area contributed by atoms with E-state index in [2.05, 4.69) is 5.32 Å². The van der Waals surface area contributed by atoms with Crippen LogP contribution in [0.5, 0.6) is 11.5 Å². The van der Waals surface area contributed by atoms with Crippen molar-refractivity contribution in [1.29, 1.82) is 0 Å². The Hall–Kier alpha value is -2.58. The Morgan fingerprint density at radius 2 is 1.90 bits per heavy atom. The molecular formula is C22H26N2O5S. The van der Waals surface area contributed by atoms with Gasteiger partial charge in [-0.15, -0.1) is 0 Å². The third-order valence-corrected chi connectivity index (χ3v) is 7.35. The molecule has 1 atom stereocenters. The van der Waals surface area contributed by atoms with Gasteiger partial charge < -0.3 is 14.8 Å². The summed E-state index contributed by atoms with van der Waals surface area (Å²) in [7, 11) is -3.49. The Morgan fingerprint density at radius 3 is 2.70 bits per heavy atom. The number of hydrogen-bond donors (Lipinski definition) is 1. The molecule has 0 radical (unpaired) electrons. The van der Waals surface area contributed by atoms with Crippen LogP contribution in [0.2, 0.25) is 0 Å². The molecule has 1 fully saturated rings. The number of fused-ring (bicyclic) bond motifs is 1. The van der Waals surface area contributed by atoms with E-state index in [9.17, 15) is 13.2 Å². The van der Waals surface area contributed by atoms with E-state index >= 15 is 0 Å². The van der Waals surface area contributed by atoms with Gasteiger partial charge in [0.15, 0.2) is 11.5 Å². The predicted molar refractivity (Wildman–Crippen MR) is 114 cm³/mol.